The van der Waals surface area contributed by atoms with E-state index in [9.17, 15) is 0 Å². The van der Waals surface area contributed by atoms with Gasteiger partial charge in [0.1, 0.15) is 0 Å². The van der Waals surface area contributed by atoms with Crippen molar-refractivity contribution in [2.45, 2.75) is 11.8 Å². The summed E-state index contributed by atoms with van der Waals surface area (Å²) in [5, 5.41) is 0. The van der Waals surface area contributed by atoms with E-state index in [0.29, 0.717) is 0 Å². The number of rotatable bonds is 2. The number of benzene rings is 3. The predicted molar refractivity (Wildman–Crippen MR) is 109 cm³/mol. The molecule has 3 aromatic carbocycles. The van der Waals surface area contributed by atoms with Crippen LogP contribution in [-0.2, 0) is 5.41 Å². The van der Waals surface area contributed by atoms with E-state index < -0.39 is 0 Å². The zero-order valence-corrected chi connectivity index (χ0v) is 14.6. The molecule has 0 bridgehead atoms. The summed E-state index contributed by atoms with van der Waals surface area (Å²) < 4.78 is 0. The van der Waals surface area contributed by atoms with Crippen LogP contribution in [-0.4, -0.2) is 0 Å². The van der Waals surface area contributed by atoms with Gasteiger partial charge in [0, 0.05) is 0 Å². The van der Waals surface area contributed by atoms with Gasteiger partial charge in [-0.2, -0.15) is 0 Å². The maximum Gasteiger partial charge on any atom is 0.0713 e. The van der Waals surface area contributed by atoms with Gasteiger partial charge >= 0.3 is 0 Å². The third-order valence-electron chi connectivity index (χ3n) is 5.57. The molecule has 0 radical (unpaired) electrons. The Morgan fingerprint density at radius 1 is 0.615 bits per heavy atom. The van der Waals surface area contributed by atoms with Crippen molar-refractivity contribution in [1.82, 2.24) is 0 Å². The largest absolute Gasteiger partial charge is 0.0807 e. The second-order valence-corrected chi connectivity index (χ2v) is 6.90. The van der Waals surface area contributed by atoms with E-state index in [1.54, 1.807) is 0 Å². The van der Waals surface area contributed by atoms with Gasteiger partial charge in [-0.25, -0.2) is 0 Å². The van der Waals surface area contributed by atoms with Gasteiger partial charge in [-0.1, -0.05) is 109 Å². The predicted octanol–water partition coefficient (Wildman–Crippen LogP) is 6.44. The van der Waals surface area contributed by atoms with E-state index in [1.165, 1.54) is 33.4 Å². The second kappa shape index (κ2) is 6.00. The third-order valence-corrected chi connectivity index (χ3v) is 5.57. The van der Waals surface area contributed by atoms with Gasteiger partial charge < -0.3 is 0 Å². The van der Waals surface area contributed by atoms with E-state index in [1.807, 2.05) is 0 Å². The molecular weight excluding hydrogens is 312 g/mol. The van der Waals surface area contributed by atoms with Crippen LogP contribution in [0.25, 0.3) is 11.1 Å². The highest BCUT2D eigenvalue weighted by Crippen LogP contribution is 2.56. The zero-order valence-electron chi connectivity index (χ0n) is 14.6. The van der Waals surface area contributed by atoms with Gasteiger partial charge in [0.15, 0.2) is 0 Å². The lowest BCUT2D eigenvalue weighted by atomic mass is 9.67. The van der Waals surface area contributed by atoms with E-state index in [2.05, 4.69) is 109 Å². The van der Waals surface area contributed by atoms with Crippen molar-refractivity contribution in [2.75, 3.05) is 0 Å². The van der Waals surface area contributed by atoms with Crippen molar-refractivity contribution in [3.8, 4) is 11.1 Å². The Balaban J connectivity index is 1.95. The molecule has 5 rings (SSSR count). The normalized spacial score (nSPS) is 16.5. The van der Waals surface area contributed by atoms with Gasteiger partial charge in [-0.05, 0) is 39.8 Å². The first kappa shape index (κ1) is 15.2. The van der Waals surface area contributed by atoms with E-state index in [-0.39, 0.29) is 5.41 Å². The Bertz CT molecular complexity index is 1000. The van der Waals surface area contributed by atoms with Crippen LogP contribution in [0.15, 0.2) is 115 Å². The standard InChI is InChI=1S/C26H20/c1-2-5-13-20(12-4-1)26(21-14-6-3-7-15-21)24-18-10-8-16-22(24)23-17-9-11-19-25(23)26/h1,3-19H,2H2. The number of allylic oxidation sites excluding steroid dienone is 6. The maximum absolute atomic E-state index is 2.31. The molecule has 2 aliphatic carbocycles. The Morgan fingerprint density at radius 3 is 1.92 bits per heavy atom. The van der Waals surface area contributed by atoms with Crippen LogP contribution in [0.2, 0.25) is 0 Å². The molecule has 0 fully saturated rings. The summed E-state index contributed by atoms with van der Waals surface area (Å²) in [7, 11) is 0. The molecule has 3 aromatic rings. The first-order valence-electron chi connectivity index (χ1n) is 9.21. The van der Waals surface area contributed by atoms with Crippen molar-refractivity contribution >= 4 is 0 Å². The summed E-state index contributed by atoms with van der Waals surface area (Å²) in [5.41, 5.74) is 7.82. The van der Waals surface area contributed by atoms with E-state index in [4.69, 9.17) is 0 Å². The quantitative estimate of drug-likeness (QED) is 0.506. The molecule has 0 saturated heterocycles. The summed E-state index contributed by atoms with van der Waals surface area (Å²) in [6.45, 7) is 0. The molecule has 0 aromatic heterocycles. The fourth-order valence-corrected chi connectivity index (χ4v) is 4.54. The van der Waals surface area contributed by atoms with Gasteiger partial charge in [-0.3, -0.25) is 0 Å². The Hall–Kier alpha value is -3.12. The van der Waals surface area contributed by atoms with E-state index in [0.717, 1.165) is 6.42 Å². The highest BCUT2D eigenvalue weighted by atomic mass is 14.5. The number of fused-ring (bicyclic) bond motifs is 3. The molecule has 0 atom stereocenters. The summed E-state index contributed by atoms with van der Waals surface area (Å²) >= 11 is 0. The Kier molecular flexibility index (Phi) is 3.50. The Morgan fingerprint density at radius 2 is 1.23 bits per heavy atom. The van der Waals surface area contributed by atoms with Crippen LogP contribution in [0.3, 0.4) is 0 Å². The molecule has 0 saturated carbocycles. The lowest BCUT2D eigenvalue weighted by molar-refractivity contribution is 0.767. The first-order valence-corrected chi connectivity index (χ1v) is 9.21. The maximum atomic E-state index is 2.31. The van der Waals surface area contributed by atoms with Gasteiger partial charge in [0.25, 0.3) is 0 Å². The summed E-state index contributed by atoms with van der Waals surface area (Å²) in [6, 6.07) is 28.7. The molecular formula is C26H20. The van der Waals surface area contributed by atoms with Crippen molar-refractivity contribution < 1.29 is 0 Å². The van der Waals surface area contributed by atoms with Crippen LogP contribution in [0.4, 0.5) is 0 Å². The van der Waals surface area contributed by atoms with Crippen LogP contribution in [0.1, 0.15) is 23.1 Å². The lowest BCUT2D eigenvalue weighted by Crippen LogP contribution is -2.28. The average molecular weight is 332 g/mol. The lowest BCUT2D eigenvalue weighted by Gasteiger charge is -2.34. The molecule has 0 amide bonds. The molecule has 0 aliphatic heterocycles. The zero-order chi connectivity index (χ0) is 17.4. The van der Waals surface area contributed by atoms with Gasteiger partial charge in [0.05, 0.1) is 5.41 Å². The molecule has 0 heteroatoms. The van der Waals surface area contributed by atoms with Crippen LogP contribution < -0.4 is 0 Å². The minimum Gasteiger partial charge on any atom is -0.0807 e. The van der Waals surface area contributed by atoms with Gasteiger partial charge in [0.2, 0.25) is 0 Å². The third kappa shape index (κ3) is 2.02. The minimum absolute atomic E-state index is 0.264. The molecule has 2 aliphatic rings. The minimum atomic E-state index is -0.264. The highest BCUT2D eigenvalue weighted by molar-refractivity contribution is 5.86. The monoisotopic (exact) mass is 332 g/mol. The first-order chi connectivity index (χ1) is 12.9. The second-order valence-electron chi connectivity index (χ2n) is 6.90. The fourth-order valence-electron chi connectivity index (χ4n) is 4.54. The smallest absolute Gasteiger partial charge is 0.0713 e. The summed E-state index contributed by atoms with van der Waals surface area (Å²) in [4.78, 5) is 0. The molecule has 0 N–H and O–H groups in total. The summed E-state index contributed by atoms with van der Waals surface area (Å²) in [6.07, 6.45) is 12.3. The van der Waals surface area contributed by atoms with Crippen LogP contribution in [0, 0.1) is 0 Å². The molecule has 26 heavy (non-hydrogen) atoms. The average Bonchev–Trinajstić information content (AvgIpc) is 2.84. The number of hydrogen-bond acceptors (Lipinski definition) is 0. The SMILES string of the molecule is C1=CCC=CC(C2(c3ccccc3)c3ccccc3-c3ccccc32)=C1. The number of hydrogen-bond donors (Lipinski definition) is 0. The van der Waals surface area contributed by atoms with Gasteiger partial charge in [-0.15, -0.1) is 0 Å². The molecule has 0 nitrogen and oxygen atoms in total. The molecule has 0 spiro atoms. The van der Waals surface area contributed by atoms with Crippen molar-refractivity contribution in [1.29, 1.82) is 0 Å². The molecule has 0 heterocycles. The van der Waals surface area contributed by atoms with Crippen molar-refractivity contribution in [2.24, 2.45) is 0 Å². The fraction of sp³-hybridized carbons (Fsp3) is 0.0769. The molecule has 0 unspecified atom stereocenters. The topological polar surface area (TPSA) is 0 Å². The Labute approximate surface area is 154 Å². The molecule has 124 valence electrons. The highest BCUT2D eigenvalue weighted by Gasteiger charge is 2.46. The van der Waals surface area contributed by atoms with E-state index >= 15 is 0 Å². The summed E-state index contributed by atoms with van der Waals surface area (Å²) in [5.74, 6) is 0. The van der Waals surface area contributed by atoms with Crippen molar-refractivity contribution in [3.05, 3.63) is 132 Å². The van der Waals surface area contributed by atoms with Crippen LogP contribution >= 0.6 is 0 Å². The van der Waals surface area contributed by atoms with Crippen LogP contribution in [0.5, 0.6) is 0 Å². The van der Waals surface area contributed by atoms with Crippen molar-refractivity contribution in [3.63, 3.8) is 0 Å².